The molecular weight excluding hydrogens is 575 g/mol. The lowest BCUT2D eigenvalue weighted by Gasteiger charge is -2.43. The van der Waals surface area contributed by atoms with Crippen molar-refractivity contribution >= 4 is 28.5 Å². The van der Waals surface area contributed by atoms with Gasteiger partial charge in [0.1, 0.15) is 18.1 Å². The predicted octanol–water partition coefficient (Wildman–Crippen LogP) is 3.77. The molecular formula is C32H34F3N5O4. The molecule has 9 nitrogen and oxygen atoms in total. The number of terminal acetylenes is 1. The van der Waals surface area contributed by atoms with Gasteiger partial charge in [0.2, 0.25) is 11.8 Å². The zero-order valence-corrected chi connectivity index (χ0v) is 24.9. The van der Waals surface area contributed by atoms with Crippen LogP contribution in [0.3, 0.4) is 0 Å². The smallest absolute Gasteiger partial charge is 0.370 e. The topological polar surface area (TPSA) is 124 Å². The Labute approximate surface area is 253 Å². The van der Waals surface area contributed by atoms with E-state index in [9.17, 15) is 32.8 Å². The van der Waals surface area contributed by atoms with Crippen molar-refractivity contribution in [3.05, 3.63) is 41.7 Å². The monoisotopic (exact) mass is 609 g/mol. The van der Waals surface area contributed by atoms with Crippen molar-refractivity contribution < 1.29 is 32.3 Å². The number of hydrogen-bond donors (Lipinski definition) is 2. The molecule has 2 N–H and O–H groups in total. The molecule has 12 heteroatoms. The average Bonchev–Trinajstić information content (AvgIpc) is 3.28. The molecule has 6 atom stereocenters. The number of likely N-dealkylation sites (tertiary alicyclic amines) is 1. The van der Waals surface area contributed by atoms with Gasteiger partial charge in [0.15, 0.2) is 0 Å². The maximum Gasteiger partial charge on any atom is 0.471 e. The van der Waals surface area contributed by atoms with E-state index in [4.69, 9.17) is 11.2 Å². The summed E-state index contributed by atoms with van der Waals surface area (Å²) >= 11 is 0. The number of carbonyl (C=O) groups is 3. The number of nitrogens with one attached hydrogen (secondary N) is 2. The molecule has 0 spiro atoms. The van der Waals surface area contributed by atoms with Gasteiger partial charge in [-0.1, -0.05) is 31.9 Å². The van der Waals surface area contributed by atoms with Crippen molar-refractivity contribution in [3.63, 3.8) is 0 Å². The van der Waals surface area contributed by atoms with Crippen LogP contribution in [0.2, 0.25) is 0 Å². The van der Waals surface area contributed by atoms with Crippen LogP contribution in [0, 0.1) is 40.9 Å². The Hall–Kier alpha value is -4.16. The summed E-state index contributed by atoms with van der Waals surface area (Å²) in [5.41, 5.74) is -0.0743. The van der Waals surface area contributed by atoms with E-state index in [0.717, 1.165) is 6.42 Å². The molecule has 3 amide bonds. The van der Waals surface area contributed by atoms with Crippen LogP contribution in [-0.4, -0.2) is 64.1 Å². The molecule has 3 aliphatic rings. The minimum Gasteiger partial charge on any atom is -0.370 e. The van der Waals surface area contributed by atoms with Gasteiger partial charge in [-0.3, -0.25) is 19.4 Å². The fourth-order valence-corrected chi connectivity index (χ4v) is 6.91. The molecule has 0 radical (unpaired) electrons. The maximum atomic E-state index is 14.0. The summed E-state index contributed by atoms with van der Waals surface area (Å²) in [6.45, 7) is 7.25. The maximum absolute atomic E-state index is 14.0. The van der Waals surface area contributed by atoms with Crippen LogP contribution >= 0.6 is 0 Å². The van der Waals surface area contributed by atoms with E-state index < -0.39 is 53.7 Å². The molecule has 232 valence electrons. The second-order valence-electron chi connectivity index (χ2n) is 12.8. The van der Waals surface area contributed by atoms with Crippen LogP contribution in [0.15, 0.2) is 30.6 Å². The van der Waals surface area contributed by atoms with Crippen molar-refractivity contribution in [1.29, 1.82) is 5.26 Å². The average molecular weight is 610 g/mol. The first kappa shape index (κ1) is 31.3. The first-order valence-electron chi connectivity index (χ1n) is 14.5. The fraction of sp³-hybridized carbons (Fsp3) is 0.531. The van der Waals surface area contributed by atoms with Gasteiger partial charge in [0, 0.05) is 40.8 Å². The molecule has 2 heterocycles. The number of nitrogens with zero attached hydrogens (tertiary/aromatic N) is 3. The number of nitriles is 1. The number of rotatable bonds is 8. The number of alkyl halides is 3. The number of carbonyl (C=O) groups excluding carboxylic acids is 3. The summed E-state index contributed by atoms with van der Waals surface area (Å²) in [4.78, 5) is 45.4. The number of fused-ring (bicyclic) bond motifs is 2. The molecule has 1 aromatic carbocycles. The Bertz CT molecular complexity index is 1580. The van der Waals surface area contributed by atoms with E-state index in [0.29, 0.717) is 34.7 Å². The van der Waals surface area contributed by atoms with Crippen molar-refractivity contribution in [2.75, 3.05) is 6.54 Å². The number of amides is 3. The predicted molar refractivity (Wildman–Crippen MR) is 153 cm³/mol. The summed E-state index contributed by atoms with van der Waals surface area (Å²) in [7, 11) is 0. The Morgan fingerprint density at radius 2 is 1.89 bits per heavy atom. The largest absolute Gasteiger partial charge is 0.471 e. The van der Waals surface area contributed by atoms with Crippen LogP contribution in [0.1, 0.15) is 64.1 Å². The van der Waals surface area contributed by atoms with Crippen LogP contribution in [0.5, 0.6) is 0 Å². The minimum absolute atomic E-state index is 0.102. The highest BCUT2D eigenvalue weighted by Gasteiger charge is 2.70. The van der Waals surface area contributed by atoms with Crippen LogP contribution < -0.4 is 10.6 Å². The summed E-state index contributed by atoms with van der Waals surface area (Å²) < 4.78 is 46.0. The second kappa shape index (κ2) is 11.1. The van der Waals surface area contributed by atoms with E-state index >= 15 is 0 Å². The van der Waals surface area contributed by atoms with Crippen molar-refractivity contribution in [2.45, 2.75) is 83.0 Å². The van der Waals surface area contributed by atoms with Gasteiger partial charge >= 0.3 is 12.1 Å². The normalized spacial score (nSPS) is 24.9. The molecule has 2 aromatic rings. The van der Waals surface area contributed by atoms with Gasteiger partial charge < -0.3 is 20.3 Å². The Balaban J connectivity index is 1.45. The van der Waals surface area contributed by atoms with Gasteiger partial charge in [0.25, 0.3) is 0 Å². The number of pyridine rings is 1. The quantitative estimate of drug-likeness (QED) is 0.439. The number of benzene rings is 1. The molecule has 3 fully saturated rings. The first-order valence-corrected chi connectivity index (χ1v) is 14.5. The van der Waals surface area contributed by atoms with Gasteiger partial charge in [-0.2, -0.15) is 18.4 Å². The van der Waals surface area contributed by atoms with Gasteiger partial charge in [-0.05, 0) is 56.4 Å². The van der Waals surface area contributed by atoms with E-state index in [1.54, 1.807) is 31.3 Å². The highest BCUT2D eigenvalue weighted by molar-refractivity contribution is 5.96. The molecule has 1 aliphatic heterocycles. The lowest BCUT2D eigenvalue weighted by atomic mass is 9.81. The van der Waals surface area contributed by atoms with Crippen molar-refractivity contribution in [2.24, 2.45) is 17.3 Å². The summed E-state index contributed by atoms with van der Waals surface area (Å²) in [5.74, 6) is -1.58. The minimum atomic E-state index is -5.23. The highest BCUT2D eigenvalue weighted by Crippen LogP contribution is 2.65. The van der Waals surface area contributed by atoms with E-state index in [1.165, 1.54) is 18.0 Å². The zero-order valence-electron chi connectivity index (χ0n) is 24.9. The summed E-state index contributed by atoms with van der Waals surface area (Å²) in [6, 6.07) is 3.36. The Morgan fingerprint density at radius 3 is 2.48 bits per heavy atom. The molecule has 2 aliphatic carbocycles. The van der Waals surface area contributed by atoms with E-state index in [2.05, 4.69) is 22.3 Å². The van der Waals surface area contributed by atoms with Gasteiger partial charge in [-0.25, -0.2) is 0 Å². The van der Waals surface area contributed by atoms with E-state index in [1.807, 2.05) is 19.2 Å². The van der Waals surface area contributed by atoms with Crippen LogP contribution in [0.25, 0.3) is 10.8 Å². The first-order chi connectivity index (χ1) is 20.6. The molecule has 2 saturated carbocycles. The van der Waals surface area contributed by atoms with Crippen molar-refractivity contribution in [1.82, 2.24) is 20.5 Å². The highest BCUT2D eigenvalue weighted by atomic mass is 19.4. The SMILES string of the molecule is C#Cc1cccc2cncc(C(C#N)NC(=O)[C@@H]3[C@@H]4[C@H](CN3C(=O)[C@@H](NC(=O)C(F)(F)F)[C@@H](C)OC3(C)CCC3)C4(C)C)c12. The van der Waals surface area contributed by atoms with Crippen LogP contribution in [-0.2, 0) is 19.1 Å². The molecule has 1 saturated heterocycles. The lowest BCUT2D eigenvalue weighted by molar-refractivity contribution is -0.180. The molecule has 1 aromatic heterocycles. The fourth-order valence-electron chi connectivity index (χ4n) is 6.91. The third-order valence-corrected chi connectivity index (χ3v) is 9.62. The standard InChI is InChI=1S/C32H34F3N5O4/c1-6-18-9-7-10-19-14-37-15-20(23(18)19)22(13-36)38-27(41)26-24-21(30(24,3)4)16-40(26)28(42)25(39-29(43)32(33,34)35)17(2)44-31(5)11-8-12-31/h1,7,9-10,14-15,17,21-22,24-26H,8,11-12,16H2,2-5H3,(H,38,41)(H,39,43)/t17-,21+,22?,24+,25+,26+/m1/s1. The third-order valence-electron chi connectivity index (χ3n) is 9.62. The van der Waals surface area contributed by atoms with Gasteiger partial charge in [-0.15, -0.1) is 6.42 Å². The Morgan fingerprint density at radius 1 is 1.18 bits per heavy atom. The number of ether oxygens (including phenoxy) is 1. The zero-order chi connectivity index (χ0) is 32.2. The molecule has 5 rings (SSSR count). The number of piperidine rings is 1. The van der Waals surface area contributed by atoms with Crippen LogP contribution in [0.4, 0.5) is 13.2 Å². The molecule has 0 bridgehead atoms. The Kier molecular flexibility index (Phi) is 7.88. The molecule has 1 unspecified atom stereocenters. The van der Waals surface area contributed by atoms with E-state index in [-0.39, 0.29) is 23.8 Å². The third kappa shape index (κ3) is 5.48. The summed E-state index contributed by atoms with van der Waals surface area (Å²) in [5, 5.41) is 15.9. The second-order valence-corrected chi connectivity index (χ2v) is 12.8. The summed E-state index contributed by atoms with van der Waals surface area (Å²) in [6.07, 6.45) is 4.61. The molecule has 44 heavy (non-hydrogen) atoms. The number of hydrogen-bond acceptors (Lipinski definition) is 6. The lowest BCUT2D eigenvalue weighted by Crippen LogP contribution is -2.61. The van der Waals surface area contributed by atoms with Crippen molar-refractivity contribution in [3.8, 4) is 18.4 Å². The van der Waals surface area contributed by atoms with Gasteiger partial charge in [0.05, 0.1) is 17.8 Å². The number of aromatic nitrogens is 1. The number of halogens is 3.